The first-order valence-electron chi connectivity index (χ1n) is 8.07. The van der Waals surface area contributed by atoms with E-state index in [0.29, 0.717) is 23.6 Å². The molecule has 140 valence electrons. The first-order valence-corrected chi connectivity index (χ1v) is 9.94. The highest BCUT2D eigenvalue weighted by Crippen LogP contribution is 2.15. The molecule has 1 amide bonds. The normalized spacial score (nSPS) is 11.3. The molecule has 8 nitrogen and oxygen atoms in total. The number of aromatic nitrogens is 4. The molecule has 2 aromatic carbocycles. The number of aryl methyl sites for hydroxylation is 1. The van der Waals surface area contributed by atoms with E-state index in [1.165, 1.54) is 23.1 Å². The quantitative estimate of drug-likeness (QED) is 0.645. The maximum Gasteiger partial charge on any atom is 0.264 e. The van der Waals surface area contributed by atoms with Gasteiger partial charge in [0, 0.05) is 11.4 Å². The molecule has 3 rings (SSSR count). The van der Waals surface area contributed by atoms with Gasteiger partial charge in [0.05, 0.1) is 10.6 Å². The van der Waals surface area contributed by atoms with Crippen molar-refractivity contribution in [1.82, 2.24) is 24.9 Å². The fourth-order valence-electron chi connectivity index (χ4n) is 2.44. The van der Waals surface area contributed by atoms with E-state index >= 15 is 0 Å². The first kappa shape index (κ1) is 19.0. The van der Waals surface area contributed by atoms with Gasteiger partial charge >= 0.3 is 0 Å². The van der Waals surface area contributed by atoms with Crippen molar-refractivity contribution in [3.63, 3.8) is 0 Å². The molecule has 0 aliphatic heterocycles. The molecule has 0 aliphatic carbocycles. The van der Waals surface area contributed by atoms with E-state index in [1.54, 1.807) is 24.3 Å². The summed E-state index contributed by atoms with van der Waals surface area (Å²) in [5.74, 6) is -0.559. The minimum atomic E-state index is -3.97. The van der Waals surface area contributed by atoms with Crippen LogP contribution in [0.3, 0.4) is 0 Å². The van der Waals surface area contributed by atoms with E-state index in [1.807, 2.05) is 12.1 Å². The van der Waals surface area contributed by atoms with Gasteiger partial charge in [-0.25, -0.2) is 17.8 Å². The number of halogens is 1. The standard InChI is InChI=1S/C17H16ClN5O3S/c18-14-9-7-13(8-10-14)3-1-6-17(24)20-27(25,26)16-5-2-4-15(11-16)23-12-19-21-22-23/h2,4-5,7-12H,1,3,6H2,(H,20,24). The van der Waals surface area contributed by atoms with Gasteiger partial charge in [-0.3, -0.25) is 4.79 Å². The van der Waals surface area contributed by atoms with Crippen LogP contribution in [0, 0.1) is 0 Å². The molecule has 0 unspecified atom stereocenters. The molecule has 27 heavy (non-hydrogen) atoms. The van der Waals surface area contributed by atoms with E-state index in [0.717, 1.165) is 5.56 Å². The molecule has 0 spiro atoms. The summed E-state index contributed by atoms with van der Waals surface area (Å²) in [6, 6.07) is 13.3. The van der Waals surface area contributed by atoms with Crippen LogP contribution in [0.15, 0.2) is 59.8 Å². The van der Waals surface area contributed by atoms with Gasteiger partial charge in [-0.2, -0.15) is 0 Å². The average Bonchev–Trinajstić information content (AvgIpc) is 3.18. The van der Waals surface area contributed by atoms with Crippen molar-refractivity contribution in [2.45, 2.75) is 24.2 Å². The lowest BCUT2D eigenvalue weighted by Gasteiger charge is -2.08. The van der Waals surface area contributed by atoms with Gasteiger partial charge in [0.2, 0.25) is 5.91 Å². The Kier molecular flexibility index (Phi) is 5.82. The van der Waals surface area contributed by atoms with E-state index in [9.17, 15) is 13.2 Å². The molecule has 0 radical (unpaired) electrons. The summed E-state index contributed by atoms with van der Waals surface area (Å²) in [6.07, 6.45) is 2.61. The van der Waals surface area contributed by atoms with Crippen molar-refractivity contribution >= 4 is 27.5 Å². The van der Waals surface area contributed by atoms with Crippen molar-refractivity contribution in [2.24, 2.45) is 0 Å². The van der Waals surface area contributed by atoms with E-state index in [2.05, 4.69) is 20.2 Å². The number of carbonyl (C=O) groups excluding carboxylic acids is 1. The van der Waals surface area contributed by atoms with Crippen LogP contribution >= 0.6 is 11.6 Å². The Bertz CT molecular complexity index is 1020. The fourth-order valence-corrected chi connectivity index (χ4v) is 3.62. The number of carbonyl (C=O) groups is 1. The molecule has 0 aliphatic rings. The molecule has 1 N–H and O–H groups in total. The second kappa shape index (κ2) is 8.28. The number of hydrogen-bond acceptors (Lipinski definition) is 6. The Balaban J connectivity index is 1.59. The van der Waals surface area contributed by atoms with Gasteiger partial charge in [0.15, 0.2) is 0 Å². The highest BCUT2D eigenvalue weighted by Gasteiger charge is 2.18. The molecule has 3 aromatic rings. The molecule has 0 saturated carbocycles. The summed E-state index contributed by atoms with van der Waals surface area (Å²) in [4.78, 5) is 12.0. The van der Waals surface area contributed by atoms with Crippen LogP contribution in [0.4, 0.5) is 0 Å². The molecular formula is C17H16ClN5O3S. The number of nitrogens with one attached hydrogen (secondary N) is 1. The summed E-state index contributed by atoms with van der Waals surface area (Å²) >= 11 is 5.83. The molecule has 1 aromatic heterocycles. The van der Waals surface area contributed by atoms with Crippen LogP contribution in [0.1, 0.15) is 18.4 Å². The Morgan fingerprint density at radius 1 is 1.15 bits per heavy atom. The van der Waals surface area contributed by atoms with Gasteiger partial charge in [0.25, 0.3) is 10.0 Å². The summed E-state index contributed by atoms with van der Waals surface area (Å²) in [5.41, 5.74) is 1.50. The number of rotatable bonds is 7. The Morgan fingerprint density at radius 3 is 2.63 bits per heavy atom. The maximum atomic E-state index is 12.4. The molecule has 0 atom stereocenters. The summed E-state index contributed by atoms with van der Waals surface area (Å²) < 4.78 is 28.3. The molecule has 10 heteroatoms. The van der Waals surface area contributed by atoms with Crippen LogP contribution < -0.4 is 4.72 Å². The Labute approximate surface area is 161 Å². The van der Waals surface area contributed by atoms with Gasteiger partial charge in [-0.15, -0.1) is 5.10 Å². The fraction of sp³-hybridized carbons (Fsp3) is 0.176. The lowest BCUT2D eigenvalue weighted by atomic mass is 10.1. The number of tetrazole rings is 1. The smallest absolute Gasteiger partial charge is 0.264 e. The number of nitrogens with zero attached hydrogens (tertiary/aromatic N) is 4. The molecule has 0 bridgehead atoms. The monoisotopic (exact) mass is 405 g/mol. The minimum absolute atomic E-state index is 0.0402. The minimum Gasteiger partial charge on any atom is -0.274 e. The van der Waals surface area contributed by atoms with Gasteiger partial charge < -0.3 is 0 Å². The molecule has 0 fully saturated rings. The topological polar surface area (TPSA) is 107 Å². The molecule has 1 heterocycles. The van der Waals surface area contributed by atoms with Gasteiger partial charge in [-0.1, -0.05) is 29.8 Å². The molecular weight excluding hydrogens is 390 g/mol. The summed E-state index contributed by atoms with van der Waals surface area (Å²) in [6.45, 7) is 0. The van der Waals surface area contributed by atoms with Crippen LogP contribution in [0.2, 0.25) is 5.02 Å². The second-order valence-corrected chi connectivity index (χ2v) is 7.88. The lowest BCUT2D eigenvalue weighted by molar-refractivity contribution is -0.119. The van der Waals surface area contributed by atoms with Crippen LogP contribution in [0.5, 0.6) is 0 Å². The summed E-state index contributed by atoms with van der Waals surface area (Å²) in [5, 5.41) is 11.4. The first-order chi connectivity index (χ1) is 12.9. The zero-order valence-corrected chi connectivity index (χ0v) is 15.7. The Hall–Kier alpha value is -2.78. The second-order valence-electron chi connectivity index (χ2n) is 5.76. The number of benzene rings is 2. The predicted molar refractivity (Wildman–Crippen MR) is 98.9 cm³/mol. The van der Waals surface area contributed by atoms with Crippen molar-refractivity contribution in [3.05, 3.63) is 65.4 Å². The van der Waals surface area contributed by atoms with Crippen molar-refractivity contribution < 1.29 is 13.2 Å². The van der Waals surface area contributed by atoms with Crippen LogP contribution in [0.25, 0.3) is 5.69 Å². The Morgan fingerprint density at radius 2 is 1.93 bits per heavy atom. The van der Waals surface area contributed by atoms with Crippen molar-refractivity contribution in [1.29, 1.82) is 0 Å². The van der Waals surface area contributed by atoms with E-state index < -0.39 is 15.9 Å². The van der Waals surface area contributed by atoms with Crippen LogP contribution in [-0.2, 0) is 21.2 Å². The third-order valence-corrected chi connectivity index (χ3v) is 5.40. The lowest BCUT2D eigenvalue weighted by Crippen LogP contribution is -2.30. The SMILES string of the molecule is O=C(CCCc1ccc(Cl)cc1)NS(=O)(=O)c1cccc(-n2cnnn2)c1. The largest absolute Gasteiger partial charge is 0.274 e. The zero-order chi connectivity index (χ0) is 19.3. The van der Waals surface area contributed by atoms with Crippen molar-refractivity contribution in [3.8, 4) is 5.69 Å². The van der Waals surface area contributed by atoms with E-state index in [4.69, 9.17) is 11.6 Å². The van der Waals surface area contributed by atoms with Crippen molar-refractivity contribution in [2.75, 3.05) is 0 Å². The van der Waals surface area contributed by atoms with E-state index in [-0.39, 0.29) is 11.3 Å². The highest BCUT2D eigenvalue weighted by atomic mass is 35.5. The summed E-state index contributed by atoms with van der Waals surface area (Å²) in [7, 11) is -3.97. The number of hydrogen-bond donors (Lipinski definition) is 1. The maximum absolute atomic E-state index is 12.4. The highest BCUT2D eigenvalue weighted by molar-refractivity contribution is 7.90. The van der Waals surface area contributed by atoms with Crippen LogP contribution in [-0.4, -0.2) is 34.5 Å². The average molecular weight is 406 g/mol. The number of amides is 1. The third-order valence-electron chi connectivity index (χ3n) is 3.77. The zero-order valence-electron chi connectivity index (χ0n) is 14.1. The molecule has 0 saturated heterocycles. The van der Waals surface area contributed by atoms with Gasteiger partial charge in [-0.05, 0) is 59.2 Å². The third kappa shape index (κ3) is 5.11. The predicted octanol–water partition coefficient (Wildman–Crippen LogP) is 2.14. The number of sulfonamides is 1. The van der Waals surface area contributed by atoms with Gasteiger partial charge in [0.1, 0.15) is 6.33 Å².